The maximum atomic E-state index is 14.5. The number of carbonyl (C=O) groups is 2. The van der Waals surface area contributed by atoms with E-state index in [0.29, 0.717) is 30.9 Å². The largest absolute Gasteiger partial charge is 0.505 e. The van der Waals surface area contributed by atoms with E-state index in [4.69, 9.17) is 26.1 Å². The fraction of sp³-hybridized carbons (Fsp3) is 0.333. The first-order chi connectivity index (χ1) is 25.3. The second kappa shape index (κ2) is 13.0. The lowest BCUT2D eigenvalue weighted by Gasteiger charge is -2.39. The number of ether oxygens (including phenoxy) is 2. The molecule has 3 aliphatic rings. The average Bonchev–Trinajstić information content (AvgIpc) is 3.70. The van der Waals surface area contributed by atoms with Crippen LogP contribution in [-0.2, 0) is 45.6 Å². The molecular formula is C36H31ClF3N7O6. The predicted molar refractivity (Wildman–Crippen MR) is 183 cm³/mol. The third-order valence-electron chi connectivity index (χ3n) is 9.99. The Labute approximate surface area is 303 Å². The summed E-state index contributed by atoms with van der Waals surface area (Å²) in [6.45, 7) is 2.72. The van der Waals surface area contributed by atoms with E-state index in [1.807, 2.05) is 18.2 Å². The van der Waals surface area contributed by atoms with Crippen molar-refractivity contribution in [3.63, 3.8) is 0 Å². The average molecular weight is 750 g/mol. The summed E-state index contributed by atoms with van der Waals surface area (Å²) in [5.74, 6) is -1.05. The second-order valence-corrected chi connectivity index (χ2v) is 13.7. The molecule has 17 heteroatoms. The van der Waals surface area contributed by atoms with Gasteiger partial charge in [-0.15, -0.1) is 5.10 Å². The lowest BCUT2D eigenvalue weighted by molar-refractivity contribution is -0.137. The number of carbonyl (C=O) groups excluding carboxylic acids is 2. The molecule has 2 amide bonds. The molecule has 0 bridgehead atoms. The third-order valence-corrected chi connectivity index (χ3v) is 10.3. The maximum Gasteiger partial charge on any atom is 0.416 e. The van der Waals surface area contributed by atoms with Crippen LogP contribution < -0.4 is 10.9 Å². The van der Waals surface area contributed by atoms with Gasteiger partial charge in [-0.2, -0.15) is 22.7 Å². The first-order valence-corrected chi connectivity index (χ1v) is 17.2. The van der Waals surface area contributed by atoms with Crippen LogP contribution in [0.4, 0.5) is 18.9 Å². The van der Waals surface area contributed by atoms with Gasteiger partial charge in [0.2, 0.25) is 11.7 Å². The summed E-state index contributed by atoms with van der Waals surface area (Å²) in [5, 5.41) is 17.1. The summed E-state index contributed by atoms with van der Waals surface area (Å²) in [7, 11) is 0. The van der Waals surface area contributed by atoms with E-state index < -0.39 is 47.4 Å². The quantitative estimate of drug-likeness (QED) is 0.245. The van der Waals surface area contributed by atoms with Gasteiger partial charge < -0.3 is 29.4 Å². The van der Waals surface area contributed by atoms with E-state index in [9.17, 15) is 32.7 Å². The molecule has 1 atom stereocenters. The number of anilines is 1. The van der Waals surface area contributed by atoms with Gasteiger partial charge in [-0.25, -0.2) is 4.98 Å². The monoisotopic (exact) mass is 749 g/mol. The van der Waals surface area contributed by atoms with Gasteiger partial charge >= 0.3 is 6.18 Å². The van der Waals surface area contributed by atoms with Crippen molar-refractivity contribution in [2.24, 2.45) is 0 Å². The number of benzene rings is 2. The first kappa shape index (κ1) is 34.7. The molecule has 0 aliphatic carbocycles. The Morgan fingerprint density at radius 3 is 2.64 bits per heavy atom. The SMILES string of the molecule is C[C@H]1OC2(CCN(C(=O)c3ncccc3O)CC2)c2c1n(CC(=O)Nc1ccc(C(F)(F)F)cc1Cl)c1nc(-c3ccc4c(c3)CCOC4)nn1c2=O. The van der Waals surface area contributed by atoms with E-state index in [0.717, 1.165) is 33.8 Å². The zero-order chi connectivity index (χ0) is 37.2. The minimum absolute atomic E-state index is 0.0321. The number of rotatable bonds is 5. The molecule has 6 heterocycles. The molecule has 3 aliphatic heterocycles. The number of hydrogen-bond donors (Lipinski definition) is 2. The van der Waals surface area contributed by atoms with Crippen molar-refractivity contribution in [1.29, 1.82) is 0 Å². The summed E-state index contributed by atoms with van der Waals surface area (Å²) in [5.41, 5.74) is 0.690. The molecule has 1 fully saturated rings. The first-order valence-electron chi connectivity index (χ1n) is 16.8. The molecule has 2 N–H and O–H groups in total. The number of hydrogen-bond acceptors (Lipinski definition) is 9. The number of pyridine rings is 1. The summed E-state index contributed by atoms with van der Waals surface area (Å²) < 4.78 is 54.6. The Morgan fingerprint density at radius 1 is 1.11 bits per heavy atom. The minimum Gasteiger partial charge on any atom is -0.505 e. The molecule has 0 saturated carbocycles. The van der Waals surface area contributed by atoms with Crippen molar-refractivity contribution in [2.45, 2.75) is 57.2 Å². The van der Waals surface area contributed by atoms with Crippen LogP contribution >= 0.6 is 11.6 Å². The maximum absolute atomic E-state index is 14.5. The zero-order valence-electron chi connectivity index (χ0n) is 28.1. The van der Waals surface area contributed by atoms with Crippen LogP contribution in [0.3, 0.4) is 0 Å². The summed E-state index contributed by atoms with van der Waals surface area (Å²) >= 11 is 6.15. The van der Waals surface area contributed by atoms with E-state index in [1.54, 1.807) is 6.92 Å². The summed E-state index contributed by atoms with van der Waals surface area (Å²) in [6.07, 6.45) is -2.80. The van der Waals surface area contributed by atoms with Gasteiger partial charge in [-0.05, 0) is 73.7 Å². The minimum atomic E-state index is -4.62. The Morgan fingerprint density at radius 2 is 1.91 bits per heavy atom. The van der Waals surface area contributed by atoms with Crippen LogP contribution in [0.5, 0.6) is 5.75 Å². The number of nitrogens with zero attached hydrogens (tertiary/aromatic N) is 6. The van der Waals surface area contributed by atoms with Crippen molar-refractivity contribution < 1.29 is 37.3 Å². The lowest BCUT2D eigenvalue weighted by atomic mass is 9.85. The van der Waals surface area contributed by atoms with Crippen LogP contribution in [0.25, 0.3) is 17.2 Å². The number of fused-ring (bicyclic) bond motifs is 4. The number of likely N-dealkylation sites (tertiary alicyclic amines) is 1. The van der Waals surface area contributed by atoms with E-state index in [1.165, 1.54) is 27.8 Å². The number of aromatic nitrogens is 5. The van der Waals surface area contributed by atoms with Crippen molar-refractivity contribution >= 4 is 34.9 Å². The van der Waals surface area contributed by atoms with Crippen molar-refractivity contribution in [3.8, 4) is 17.1 Å². The highest BCUT2D eigenvalue weighted by molar-refractivity contribution is 6.33. The smallest absolute Gasteiger partial charge is 0.416 e. The number of alkyl halides is 3. The molecule has 53 heavy (non-hydrogen) atoms. The standard InChI is InChI=1S/C36H31ClF3N7O6/c1-19-30-28(35(53-19)9-12-45(13-10-35)33(51)29-26(48)3-2-11-41-29)32(50)47-34(43-31(44-47)21-4-5-22-18-52-14-8-20(22)15-21)46(30)17-27(49)42-25-7-6-23(16-24(25)37)36(38,39)40/h2-7,11,15-16,19,48H,8-10,12-14,17-18H2,1H3,(H,42,49)/t19-/m1/s1. The topological polar surface area (TPSA) is 153 Å². The third kappa shape index (κ3) is 6.09. The van der Waals surface area contributed by atoms with Gasteiger partial charge in [-0.1, -0.05) is 23.7 Å². The molecule has 2 aromatic carbocycles. The Balaban J connectivity index is 1.19. The zero-order valence-corrected chi connectivity index (χ0v) is 28.9. The lowest BCUT2D eigenvalue weighted by Crippen LogP contribution is -2.47. The molecule has 8 rings (SSSR count). The van der Waals surface area contributed by atoms with Gasteiger partial charge in [0, 0.05) is 24.8 Å². The summed E-state index contributed by atoms with van der Waals surface area (Å²) in [4.78, 5) is 51.8. The van der Waals surface area contributed by atoms with E-state index in [2.05, 4.69) is 15.4 Å². The second-order valence-electron chi connectivity index (χ2n) is 13.2. The van der Waals surface area contributed by atoms with Crippen molar-refractivity contribution in [3.05, 3.63) is 104 Å². The van der Waals surface area contributed by atoms with Crippen LogP contribution in [0.2, 0.25) is 5.02 Å². The molecule has 0 radical (unpaired) electrons. The Hall–Kier alpha value is -5.32. The van der Waals surface area contributed by atoms with Crippen LogP contribution in [0, 0.1) is 0 Å². The number of halogens is 4. The molecule has 1 spiro atoms. The summed E-state index contributed by atoms with van der Waals surface area (Å²) in [6, 6.07) is 11.2. The van der Waals surface area contributed by atoms with Crippen LogP contribution in [-0.4, -0.2) is 65.7 Å². The van der Waals surface area contributed by atoms with E-state index >= 15 is 0 Å². The van der Waals surface area contributed by atoms with Gasteiger partial charge in [0.25, 0.3) is 11.5 Å². The molecule has 3 aromatic heterocycles. The highest BCUT2D eigenvalue weighted by atomic mass is 35.5. The van der Waals surface area contributed by atoms with Gasteiger partial charge in [0.05, 0.1) is 46.8 Å². The number of aromatic hydroxyl groups is 1. The molecule has 274 valence electrons. The number of piperidine rings is 1. The van der Waals surface area contributed by atoms with E-state index in [-0.39, 0.29) is 65.3 Å². The van der Waals surface area contributed by atoms with Gasteiger partial charge in [-0.3, -0.25) is 14.4 Å². The highest BCUT2D eigenvalue weighted by Gasteiger charge is 2.50. The van der Waals surface area contributed by atoms with Crippen molar-refractivity contribution in [2.75, 3.05) is 25.0 Å². The van der Waals surface area contributed by atoms with Gasteiger partial charge in [0.15, 0.2) is 11.5 Å². The predicted octanol–water partition coefficient (Wildman–Crippen LogP) is 5.26. The highest BCUT2D eigenvalue weighted by Crippen LogP contribution is 2.48. The Bertz CT molecular complexity index is 2370. The molecule has 0 unspecified atom stereocenters. The molecule has 5 aromatic rings. The fourth-order valence-corrected chi connectivity index (χ4v) is 7.66. The van der Waals surface area contributed by atoms with Crippen LogP contribution in [0.15, 0.2) is 59.5 Å². The molecular weight excluding hydrogens is 719 g/mol. The Kier molecular flexibility index (Phi) is 8.50. The fourth-order valence-electron chi connectivity index (χ4n) is 7.43. The van der Waals surface area contributed by atoms with Crippen molar-refractivity contribution in [1.82, 2.24) is 29.0 Å². The van der Waals surface area contributed by atoms with Crippen LogP contribution in [0.1, 0.15) is 64.3 Å². The molecule has 13 nitrogen and oxygen atoms in total. The van der Waals surface area contributed by atoms with Gasteiger partial charge in [0.1, 0.15) is 17.9 Å². The number of amides is 2. The number of nitrogens with one attached hydrogen (secondary N) is 1. The normalized spacial score (nSPS) is 17.9. The molecule has 1 saturated heterocycles.